The second-order valence-corrected chi connectivity index (χ2v) is 9.47. The molecular weight excluding hydrogens is 427 g/mol. The molecule has 2 rings (SSSR count). The minimum absolute atomic E-state index is 0.288. The van der Waals surface area contributed by atoms with Gasteiger partial charge in [0.15, 0.2) is 20.6 Å². The van der Waals surface area contributed by atoms with Crippen molar-refractivity contribution in [3.8, 4) is 0 Å². The van der Waals surface area contributed by atoms with Gasteiger partial charge >= 0.3 is 5.51 Å². The van der Waals surface area contributed by atoms with Crippen LogP contribution >= 0.6 is 0 Å². The molecule has 0 bridgehead atoms. The summed E-state index contributed by atoms with van der Waals surface area (Å²) in [6.07, 6.45) is 0. The third-order valence-electron chi connectivity index (χ3n) is 4.06. The van der Waals surface area contributed by atoms with Gasteiger partial charge in [-0.2, -0.15) is 13.2 Å². The highest BCUT2D eigenvalue weighted by Gasteiger charge is 2.40. The number of likely N-dealkylation sites (N-methyl/N-ethyl adjacent to an activating group) is 1. The van der Waals surface area contributed by atoms with Crippen LogP contribution in [-0.2, 0) is 25.4 Å². The van der Waals surface area contributed by atoms with E-state index in [1.807, 2.05) is 11.9 Å². The fraction of sp³-hybridized carbons (Fsp3) is 0.500. The molecule has 1 aromatic carbocycles. The number of carbonyl (C=O) groups is 1. The molecule has 1 aromatic rings. The van der Waals surface area contributed by atoms with Crippen LogP contribution in [0.4, 0.5) is 18.9 Å². The summed E-state index contributed by atoms with van der Waals surface area (Å²) in [7, 11) is -6.23. The van der Waals surface area contributed by atoms with Crippen LogP contribution in [0.2, 0.25) is 0 Å². The van der Waals surface area contributed by atoms with Crippen molar-refractivity contribution >= 4 is 32.2 Å². The number of piperazine rings is 1. The van der Waals surface area contributed by atoms with Gasteiger partial charge in [0.25, 0.3) is 5.69 Å². The van der Waals surface area contributed by atoms with Crippen molar-refractivity contribution in [2.45, 2.75) is 15.3 Å². The summed E-state index contributed by atoms with van der Waals surface area (Å²) >= 11 is 0. The molecule has 1 heterocycles. The summed E-state index contributed by atoms with van der Waals surface area (Å²) in [6, 6.07) is 1.46. The van der Waals surface area contributed by atoms with Crippen molar-refractivity contribution in [2.24, 2.45) is 0 Å². The lowest BCUT2D eigenvalue weighted by molar-refractivity contribution is -0.388. The SMILES string of the molecule is CN1CCN(C(=O)CS(=O)(=O)c2ccc(S(=O)C(F)(F)F)cc2[N+](=O)[O-])CC1. The third kappa shape index (κ3) is 5.05. The lowest BCUT2D eigenvalue weighted by Crippen LogP contribution is -2.48. The first-order valence-corrected chi connectivity index (χ1v) is 10.6. The molecule has 0 radical (unpaired) electrons. The Morgan fingerprint density at radius 3 is 2.32 bits per heavy atom. The number of benzene rings is 1. The molecule has 1 amide bonds. The van der Waals surface area contributed by atoms with E-state index in [4.69, 9.17) is 0 Å². The smallest absolute Gasteiger partial charge is 0.339 e. The fourth-order valence-electron chi connectivity index (χ4n) is 2.54. The zero-order valence-electron chi connectivity index (χ0n) is 14.5. The standard InChI is InChI=1S/C14H16F3N3O6S2/c1-18-4-6-19(7-5-18)13(21)9-28(25,26)12-3-2-10(8-11(12)20(22)23)27(24)14(15,16)17/h2-3,8H,4-7,9H2,1H3. The summed E-state index contributed by atoms with van der Waals surface area (Å²) in [5.74, 6) is -1.82. The first kappa shape index (κ1) is 22.2. The van der Waals surface area contributed by atoms with E-state index >= 15 is 0 Å². The van der Waals surface area contributed by atoms with Crippen LogP contribution in [-0.4, -0.2) is 77.7 Å². The highest BCUT2D eigenvalue weighted by molar-refractivity contribution is 7.92. The number of rotatable bonds is 5. The number of nitrogens with zero attached hydrogens (tertiary/aromatic N) is 3. The van der Waals surface area contributed by atoms with Crippen molar-refractivity contribution in [3.05, 3.63) is 28.3 Å². The van der Waals surface area contributed by atoms with Gasteiger partial charge in [-0.3, -0.25) is 14.9 Å². The van der Waals surface area contributed by atoms with E-state index in [9.17, 15) is 40.7 Å². The zero-order chi connectivity index (χ0) is 21.3. The molecule has 1 unspecified atom stereocenters. The van der Waals surface area contributed by atoms with Crippen LogP contribution < -0.4 is 0 Å². The second kappa shape index (κ2) is 8.13. The summed E-state index contributed by atoms with van der Waals surface area (Å²) in [5.41, 5.74) is -6.33. The molecular formula is C14H16F3N3O6S2. The van der Waals surface area contributed by atoms with Gasteiger partial charge < -0.3 is 9.80 Å². The molecule has 0 aromatic heterocycles. The van der Waals surface area contributed by atoms with E-state index in [2.05, 4.69) is 0 Å². The van der Waals surface area contributed by atoms with Gasteiger partial charge in [-0.15, -0.1) is 0 Å². The number of halogens is 3. The molecule has 1 saturated heterocycles. The fourth-order valence-corrected chi connectivity index (χ4v) is 4.61. The summed E-state index contributed by atoms with van der Waals surface area (Å²) in [5, 5.41) is 11.2. The molecule has 1 aliphatic heterocycles. The minimum atomic E-state index is -5.16. The quantitative estimate of drug-likeness (QED) is 0.487. The number of sulfone groups is 1. The van der Waals surface area contributed by atoms with Crippen molar-refractivity contribution in [2.75, 3.05) is 39.0 Å². The Bertz CT molecular complexity index is 911. The van der Waals surface area contributed by atoms with Crippen molar-refractivity contribution in [1.82, 2.24) is 9.80 Å². The maximum absolute atomic E-state index is 12.6. The van der Waals surface area contributed by atoms with Gasteiger partial charge in [0.2, 0.25) is 5.91 Å². The van der Waals surface area contributed by atoms with Gasteiger partial charge in [0.05, 0.1) is 9.82 Å². The van der Waals surface area contributed by atoms with Gasteiger partial charge in [-0.05, 0) is 19.2 Å². The molecule has 0 spiro atoms. The van der Waals surface area contributed by atoms with E-state index in [1.165, 1.54) is 4.90 Å². The third-order valence-corrected chi connectivity index (χ3v) is 6.80. The molecule has 156 valence electrons. The van der Waals surface area contributed by atoms with Crippen LogP contribution in [0, 0.1) is 10.1 Å². The van der Waals surface area contributed by atoms with Crippen molar-refractivity contribution in [3.63, 3.8) is 0 Å². The van der Waals surface area contributed by atoms with Crippen LogP contribution in [0.25, 0.3) is 0 Å². The minimum Gasteiger partial charge on any atom is -0.339 e. The van der Waals surface area contributed by atoms with E-state index in [-0.39, 0.29) is 13.1 Å². The normalized spacial score (nSPS) is 17.4. The van der Waals surface area contributed by atoms with Crippen LogP contribution in [0.1, 0.15) is 0 Å². The predicted molar refractivity (Wildman–Crippen MR) is 91.7 cm³/mol. The predicted octanol–water partition coefficient (Wildman–Crippen LogP) is 0.770. The molecule has 0 saturated carbocycles. The first-order valence-electron chi connectivity index (χ1n) is 7.79. The summed E-state index contributed by atoms with van der Waals surface area (Å²) < 4.78 is 74.0. The Morgan fingerprint density at radius 1 is 1.25 bits per heavy atom. The van der Waals surface area contributed by atoms with Gasteiger partial charge in [-0.1, -0.05) is 0 Å². The van der Waals surface area contributed by atoms with E-state index in [1.54, 1.807) is 0 Å². The molecule has 1 fully saturated rings. The van der Waals surface area contributed by atoms with Crippen molar-refractivity contribution < 1.29 is 35.5 Å². The Labute approximate surface area is 160 Å². The van der Waals surface area contributed by atoms with E-state index in [0.717, 1.165) is 0 Å². The average molecular weight is 443 g/mol. The number of alkyl halides is 3. The molecule has 9 nitrogen and oxygen atoms in total. The number of hydrogen-bond donors (Lipinski definition) is 0. The van der Waals surface area contributed by atoms with Gasteiger partial charge in [-0.25, -0.2) is 12.6 Å². The Morgan fingerprint density at radius 2 is 1.82 bits per heavy atom. The lowest BCUT2D eigenvalue weighted by Gasteiger charge is -2.32. The number of amides is 1. The second-order valence-electron chi connectivity index (χ2n) is 6.04. The van der Waals surface area contributed by atoms with Crippen LogP contribution in [0.3, 0.4) is 0 Å². The largest absolute Gasteiger partial charge is 0.475 e. The number of nitro groups is 1. The maximum atomic E-state index is 12.6. The molecule has 0 aliphatic carbocycles. The highest BCUT2D eigenvalue weighted by atomic mass is 32.2. The summed E-state index contributed by atoms with van der Waals surface area (Å²) in [6.45, 7) is 1.64. The number of carbonyl (C=O) groups excluding carboxylic acids is 1. The number of hydrogen-bond acceptors (Lipinski definition) is 7. The number of nitro benzene ring substituents is 1. The first-order chi connectivity index (χ1) is 12.8. The van der Waals surface area contributed by atoms with Crippen molar-refractivity contribution in [1.29, 1.82) is 0 Å². The van der Waals surface area contributed by atoms with Gasteiger partial charge in [0, 0.05) is 32.2 Å². The molecule has 1 atom stereocenters. The maximum Gasteiger partial charge on any atom is 0.475 e. The zero-order valence-corrected chi connectivity index (χ0v) is 16.1. The molecule has 14 heteroatoms. The Kier molecular flexibility index (Phi) is 6.45. The molecule has 28 heavy (non-hydrogen) atoms. The highest BCUT2D eigenvalue weighted by Crippen LogP contribution is 2.32. The van der Waals surface area contributed by atoms with Gasteiger partial charge in [0.1, 0.15) is 10.6 Å². The average Bonchev–Trinajstić information content (AvgIpc) is 2.59. The van der Waals surface area contributed by atoms with E-state index in [0.29, 0.717) is 31.3 Å². The van der Waals surface area contributed by atoms with Crippen LogP contribution in [0.5, 0.6) is 0 Å². The molecule has 1 aliphatic rings. The molecule has 0 N–H and O–H groups in total. The Balaban J connectivity index is 2.33. The van der Waals surface area contributed by atoms with Crippen LogP contribution in [0.15, 0.2) is 28.0 Å². The summed E-state index contributed by atoms with van der Waals surface area (Å²) in [4.78, 5) is 23.6. The topological polar surface area (TPSA) is 118 Å². The monoisotopic (exact) mass is 443 g/mol. The van der Waals surface area contributed by atoms with E-state index < -0.39 is 58.2 Å². The Hall–Kier alpha value is -2.06. The lowest BCUT2D eigenvalue weighted by atomic mass is 10.3.